The Hall–Kier alpha value is -3.04. The van der Waals surface area contributed by atoms with Gasteiger partial charge in [0, 0.05) is 35.3 Å². The van der Waals surface area contributed by atoms with Gasteiger partial charge in [-0.2, -0.15) is 0 Å². The van der Waals surface area contributed by atoms with Crippen LogP contribution in [0.15, 0.2) is 36.4 Å². The van der Waals surface area contributed by atoms with E-state index in [1.807, 2.05) is 0 Å². The SMILES string of the molecule is CCNC(=O)[C@@H](C)N(Cc1ccc(Cl)cc1Cl)C(=O)COc1ccc([N+](=O)[O-])c(OC)c1. The van der Waals surface area contributed by atoms with Gasteiger partial charge >= 0.3 is 5.69 Å². The van der Waals surface area contributed by atoms with Crippen molar-refractivity contribution in [1.29, 1.82) is 0 Å². The van der Waals surface area contributed by atoms with Gasteiger partial charge in [0.25, 0.3) is 5.91 Å². The van der Waals surface area contributed by atoms with Crippen LogP contribution in [0.5, 0.6) is 11.5 Å². The number of hydrogen-bond acceptors (Lipinski definition) is 6. The fourth-order valence-corrected chi connectivity index (χ4v) is 3.33. The van der Waals surface area contributed by atoms with E-state index in [4.69, 9.17) is 32.7 Å². The molecule has 2 aromatic carbocycles. The van der Waals surface area contributed by atoms with Crippen LogP contribution in [0.2, 0.25) is 10.0 Å². The molecular formula is C21H23Cl2N3O6. The van der Waals surface area contributed by atoms with Crippen molar-refractivity contribution in [2.45, 2.75) is 26.4 Å². The van der Waals surface area contributed by atoms with Crippen molar-refractivity contribution < 1.29 is 24.0 Å². The Balaban J connectivity index is 2.22. The van der Waals surface area contributed by atoms with Crippen LogP contribution >= 0.6 is 23.2 Å². The maximum atomic E-state index is 13.0. The minimum atomic E-state index is -0.802. The van der Waals surface area contributed by atoms with Crippen LogP contribution < -0.4 is 14.8 Å². The topological polar surface area (TPSA) is 111 Å². The molecule has 0 aliphatic carbocycles. The molecule has 32 heavy (non-hydrogen) atoms. The minimum absolute atomic E-state index is 0.000410. The average Bonchev–Trinajstić information content (AvgIpc) is 2.76. The maximum absolute atomic E-state index is 13.0. The normalized spacial score (nSPS) is 11.4. The van der Waals surface area contributed by atoms with E-state index in [1.165, 1.54) is 30.2 Å². The standard InChI is InChI=1S/C21H23Cl2N3O6/c1-4-24-21(28)13(2)25(11-14-5-6-15(22)9-17(14)23)20(27)12-32-16-7-8-18(26(29)30)19(10-16)31-3/h5-10,13H,4,11-12H2,1-3H3,(H,24,28)/t13-/m1/s1. The summed E-state index contributed by atoms with van der Waals surface area (Å²) in [6.45, 7) is 3.43. The quantitative estimate of drug-likeness (QED) is 0.405. The van der Waals surface area contributed by atoms with Gasteiger partial charge in [0.1, 0.15) is 11.8 Å². The second-order valence-electron chi connectivity index (χ2n) is 6.71. The number of carbonyl (C=O) groups excluding carboxylic acids is 2. The highest BCUT2D eigenvalue weighted by Gasteiger charge is 2.27. The van der Waals surface area contributed by atoms with Crippen molar-refractivity contribution in [3.63, 3.8) is 0 Å². The first-order valence-electron chi connectivity index (χ1n) is 9.64. The average molecular weight is 484 g/mol. The molecule has 0 aromatic heterocycles. The molecule has 0 fully saturated rings. The number of benzene rings is 2. The van der Waals surface area contributed by atoms with Gasteiger partial charge in [0.15, 0.2) is 6.61 Å². The van der Waals surface area contributed by atoms with Crippen LogP contribution in [0.4, 0.5) is 5.69 Å². The minimum Gasteiger partial charge on any atom is -0.490 e. The summed E-state index contributed by atoms with van der Waals surface area (Å²) in [5, 5.41) is 14.5. The molecule has 1 atom stereocenters. The predicted molar refractivity (Wildman–Crippen MR) is 120 cm³/mol. The summed E-state index contributed by atoms with van der Waals surface area (Å²) in [6, 6.07) is 7.97. The molecule has 9 nitrogen and oxygen atoms in total. The number of nitrogens with zero attached hydrogens (tertiary/aromatic N) is 2. The maximum Gasteiger partial charge on any atom is 0.311 e. The van der Waals surface area contributed by atoms with Gasteiger partial charge in [-0.25, -0.2) is 0 Å². The summed E-state index contributed by atoms with van der Waals surface area (Å²) in [6.07, 6.45) is 0. The molecule has 0 saturated heterocycles. The molecule has 0 saturated carbocycles. The second-order valence-corrected chi connectivity index (χ2v) is 7.55. The van der Waals surface area contributed by atoms with Gasteiger partial charge in [-0.15, -0.1) is 0 Å². The smallest absolute Gasteiger partial charge is 0.311 e. The molecular weight excluding hydrogens is 461 g/mol. The summed E-state index contributed by atoms with van der Waals surface area (Å²) in [5.74, 6) is -0.605. The van der Waals surface area contributed by atoms with Gasteiger partial charge in [0.2, 0.25) is 11.7 Å². The highest BCUT2D eigenvalue weighted by molar-refractivity contribution is 6.35. The third-order valence-electron chi connectivity index (χ3n) is 4.58. The fraction of sp³-hybridized carbons (Fsp3) is 0.333. The third-order valence-corrected chi connectivity index (χ3v) is 5.17. The van der Waals surface area contributed by atoms with Crippen molar-refractivity contribution in [3.05, 3.63) is 62.1 Å². The molecule has 0 aliphatic heterocycles. The van der Waals surface area contributed by atoms with E-state index in [2.05, 4.69) is 5.32 Å². The number of likely N-dealkylation sites (N-methyl/N-ethyl adjacent to an activating group) is 1. The molecule has 1 N–H and O–H groups in total. The summed E-state index contributed by atoms with van der Waals surface area (Å²) >= 11 is 12.2. The molecule has 172 valence electrons. The summed E-state index contributed by atoms with van der Waals surface area (Å²) in [4.78, 5) is 37.2. The van der Waals surface area contributed by atoms with Gasteiger partial charge < -0.3 is 19.7 Å². The monoisotopic (exact) mass is 483 g/mol. The van der Waals surface area contributed by atoms with Crippen molar-refractivity contribution in [3.8, 4) is 11.5 Å². The molecule has 0 bridgehead atoms. The van der Waals surface area contributed by atoms with Gasteiger partial charge in [-0.1, -0.05) is 29.3 Å². The lowest BCUT2D eigenvalue weighted by Gasteiger charge is -2.29. The Bertz CT molecular complexity index is 1000. The molecule has 2 aromatic rings. The lowest BCUT2D eigenvalue weighted by molar-refractivity contribution is -0.385. The number of amides is 2. The summed E-state index contributed by atoms with van der Waals surface area (Å²) < 4.78 is 10.5. The third kappa shape index (κ3) is 6.48. The van der Waals surface area contributed by atoms with Crippen LogP contribution in [-0.4, -0.2) is 47.9 Å². The Kier molecular flexibility index (Phi) is 9.10. The van der Waals surface area contributed by atoms with Crippen LogP contribution in [0.1, 0.15) is 19.4 Å². The number of nitro benzene ring substituents is 1. The Morgan fingerprint density at radius 2 is 1.94 bits per heavy atom. The zero-order chi connectivity index (χ0) is 23.8. The lowest BCUT2D eigenvalue weighted by Crippen LogP contribution is -2.49. The van der Waals surface area contributed by atoms with Crippen molar-refractivity contribution in [1.82, 2.24) is 10.2 Å². The van der Waals surface area contributed by atoms with E-state index < -0.39 is 23.5 Å². The molecule has 0 heterocycles. The van der Waals surface area contributed by atoms with Gasteiger partial charge in [0.05, 0.1) is 12.0 Å². The molecule has 0 aliphatic rings. The Labute approximate surface area is 195 Å². The number of rotatable bonds is 10. The zero-order valence-corrected chi connectivity index (χ0v) is 19.3. The van der Waals surface area contributed by atoms with E-state index in [1.54, 1.807) is 32.0 Å². The first-order chi connectivity index (χ1) is 15.2. The lowest BCUT2D eigenvalue weighted by atomic mass is 10.1. The van der Waals surface area contributed by atoms with E-state index in [9.17, 15) is 19.7 Å². The number of halogens is 2. The molecule has 0 unspecified atom stereocenters. The highest BCUT2D eigenvalue weighted by Crippen LogP contribution is 2.31. The number of hydrogen-bond donors (Lipinski definition) is 1. The highest BCUT2D eigenvalue weighted by atomic mass is 35.5. The fourth-order valence-electron chi connectivity index (χ4n) is 2.86. The molecule has 11 heteroatoms. The second kappa shape index (κ2) is 11.5. The van der Waals surface area contributed by atoms with Crippen molar-refractivity contribution in [2.75, 3.05) is 20.3 Å². The van der Waals surface area contributed by atoms with Crippen LogP contribution in [0.3, 0.4) is 0 Å². The largest absolute Gasteiger partial charge is 0.490 e. The van der Waals surface area contributed by atoms with Crippen LogP contribution in [-0.2, 0) is 16.1 Å². The number of nitrogens with one attached hydrogen (secondary N) is 1. The summed E-state index contributed by atoms with van der Waals surface area (Å²) in [7, 11) is 1.29. The van der Waals surface area contributed by atoms with Crippen LogP contribution in [0, 0.1) is 10.1 Å². The van der Waals surface area contributed by atoms with Crippen molar-refractivity contribution in [2.24, 2.45) is 0 Å². The molecule has 2 amide bonds. The van der Waals surface area contributed by atoms with E-state index >= 15 is 0 Å². The predicted octanol–water partition coefficient (Wildman–Crippen LogP) is 3.84. The van der Waals surface area contributed by atoms with Gasteiger partial charge in [-0.3, -0.25) is 19.7 Å². The Morgan fingerprint density at radius 1 is 1.22 bits per heavy atom. The Morgan fingerprint density at radius 3 is 2.53 bits per heavy atom. The molecule has 2 rings (SSSR count). The number of methoxy groups -OCH3 is 1. The van der Waals surface area contributed by atoms with Gasteiger partial charge in [-0.05, 0) is 37.6 Å². The summed E-state index contributed by atoms with van der Waals surface area (Å²) in [5.41, 5.74) is 0.382. The van der Waals surface area contributed by atoms with Crippen molar-refractivity contribution >= 4 is 40.7 Å². The number of carbonyl (C=O) groups is 2. The number of ether oxygens (including phenoxy) is 2. The first-order valence-corrected chi connectivity index (χ1v) is 10.4. The number of nitro groups is 1. The van der Waals surface area contributed by atoms with E-state index in [0.717, 1.165) is 0 Å². The first kappa shape index (κ1) is 25.2. The van der Waals surface area contributed by atoms with E-state index in [-0.39, 0.29) is 29.6 Å². The van der Waals surface area contributed by atoms with E-state index in [0.29, 0.717) is 22.2 Å². The molecule has 0 radical (unpaired) electrons. The zero-order valence-electron chi connectivity index (χ0n) is 17.8. The molecule has 0 spiro atoms. The van der Waals surface area contributed by atoms with Crippen LogP contribution in [0.25, 0.3) is 0 Å².